The average Bonchev–Trinajstić information content (AvgIpc) is 2.78. The summed E-state index contributed by atoms with van der Waals surface area (Å²) in [6.45, 7) is 4.93. The van der Waals surface area contributed by atoms with Gasteiger partial charge in [-0.05, 0) is 25.5 Å². The van der Waals surface area contributed by atoms with Gasteiger partial charge in [0, 0.05) is 17.1 Å². The van der Waals surface area contributed by atoms with Crippen molar-refractivity contribution in [3.05, 3.63) is 35.9 Å². The van der Waals surface area contributed by atoms with Gasteiger partial charge in [-0.3, -0.25) is 0 Å². The molecule has 0 fully saturated rings. The topological polar surface area (TPSA) is 56.7 Å². The molecule has 1 aromatic carbocycles. The Morgan fingerprint density at radius 2 is 2.24 bits per heavy atom. The summed E-state index contributed by atoms with van der Waals surface area (Å²) in [6, 6.07) is 6.09. The lowest BCUT2D eigenvalue weighted by atomic mass is 10.2. The lowest BCUT2D eigenvalue weighted by Gasteiger charge is -2.07. The quantitative estimate of drug-likeness (QED) is 0.667. The fraction of sp³-hybridized carbons (Fsp3) is 0.333. The first-order valence-corrected chi connectivity index (χ1v) is 6.55. The highest BCUT2D eigenvalue weighted by Gasteiger charge is 2.06. The maximum Gasteiger partial charge on any atom is 0.138 e. The maximum absolute atomic E-state index is 6.03. The van der Waals surface area contributed by atoms with E-state index in [-0.39, 0.29) is 0 Å². The summed E-state index contributed by atoms with van der Waals surface area (Å²) >= 11 is 1.70. The molecule has 0 atom stereocenters. The predicted octanol–water partition coefficient (Wildman–Crippen LogP) is 2.48. The Morgan fingerprint density at radius 1 is 1.41 bits per heavy atom. The second-order valence-corrected chi connectivity index (χ2v) is 4.78. The molecule has 1 aromatic heterocycles. The van der Waals surface area contributed by atoms with Gasteiger partial charge >= 0.3 is 0 Å². The maximum atomic E-state index is 6.03. The predicted molar refractivity (Wildman–Crippen MR) is 70.8 cm³/mol. The molecule has 90 valence electrons. The van der Waals surface area contributed by atoms with E-state index in [0.717, 1.165) is 34.3 Å². The lowest BCUT2D eigenvalue weighted by molar-refractivity contribution is 0.632. The second kappa shape index (κ2) is 5.23. The van der Waals surface area contributed by atoms with Gasteiger partial charge in [0.2, 0.25) is 0 Å². The standard InChI is InChI=1S/C12H16N4S/c1-3-16-11(14-8-15-16)7-17-10-6-4-5-9(2)12(10)13/h4-6,8H,3,7,13H2,1-2H3. The van der Waals surface area contributed by atoms with Crippen molar-refractivity contribution >= 4 is 17.4 Å². The largest absolute Gasteiger partial charge is 0.398 e. The molecule has 2 N–H and O–H groups in total. The zero-order chi connectivity index (χ0) is 12.3. The Morgan fingerprint density at radius 3 is 3.00 bits per heavy atom. The molecule has 1 heterocycles. The van der Waals surface area contributed by atoms with Crippen molar-refractivity contribution in [3.63, 3.8) is 0 Å². The SMILES string of the molecule is CCn1ncnc1CSc1cccc(C)c1N. The van der Waals surface area contributed by atoms with Crippen LogP contribution in [0.3, 0.4) is 0 Å². The number of benzene rings is 1. The summed E-state index contributed by atoms with van der Waals surface area (Å²) in [7, 11) is 0. The number of nitrogens with two attached hydrogens (primary N) is 1. The number of para-hydroxylation sites is 1. The van der Waals surface area contributed by atoms with Gasteiger partial charge in [0.05, 0.1) is 5.75 Å². The summed E-state index contributed by atoms with van der Waals surface area (Å²) in [6.07, 6.45) is 1.60. The summed E-state index contributed by atoms with van der Waals surface area (Å²) in [5, 5.41) is 4.15. The van der Waals surface area contributed by atoms with Crippen molar-refractivity contribution in [1.82, 2.24) is 14.8 Å². The van der Waals surface area contributed by atoms with E-state index >= 15 is 0 Å². The van der Waals surface area contributed by atoms with Gasteiger partial charge in [-0.1, -0.05) is 12.1 Å². The molecule has 0 amide bonds. The monoisotopic (exact) mass is 248 g/mol. The van der Waals surface area contributed by atoms with Crippen LogP contribution >= 0.6 is 11.8 Å². The molecule has 2 aromatic rings. The zero-order valence-corrected chi connectivity index (χ0v) is 10.9. The molecular weight excluding hydrogens is 232 g/mol. The molecule has 0 aliphatic carbocycles. The second-order valence-electron chi connectivity index (χ2n) is 3.77. The number of thioether (sulfide) groups is 1. The van der Waals surface area contributed by atoms with Crippen LogP contribution < -0.4 is 5.73 Å². The number of aryl methyl sites for hydroxylation is 2. The van der Waals surface area contributed by atoms with E-state index in [9.17, 15) is 0 Å². The fourth-order valence-corrected chi connectivity index (χ4v) is 2.59. The van der Waals surface area contributed by atoms with Gasteiger partial charge in [0.1, 0.15) is 12.2 Å². The number of nitrogens with zero attached hydrogens (tertiary/aromatic N) is 3. The molecule has 0 bridgehead atoms. The van der Waals surface area contributed by atoms with Gasteiger partial charge in [0.15, 0.2) is 0 Å². The first-order valence-electron chi connectivity index (χ1n) is 5.57. The van der Waals surface area contributed by atoms with E-state index in [1.807, 2.05) is 29.8 Å². The van der Waals surface area contributed by atoms with Crippen LogP contribution in [0.5, 0.6) is 0 Å². The van der Waals surface area contributed by atoms with E-state index in [1.165, 1.54) is 0 Å². The van der Waals surface area contributed by atoms with Gasteiger partial charge in [0.25, 0.3) is 0 Å². The van der Waals surface area contributed by atoms with Gasteiger partial charge in [-0.25, -0.2) is 9.67 Å². The van der Waals surface area contributed by atoms with Crippen LogP contribution in [0.2, 0.25) is 0 Å². The highest BCUT2D eigenvalue weighted by Crippen LogP contribution is 2.29. The Labute approximate surface area is 105 Å². The summed E-state index contributed by atoms with van der Waals surface area (Å²) < 4.78 is 1.90. The lowest BCUT2D eigenvalue weighted by Crippen LogP contribution is -2.02. The number of rotatable bonds is 4. The smallest absolute Gasteiger partial charge is 0.138 e. The Kier molecular flexibility index (Phi) is 3.68. The van der Waals surface area contributed by atoms with Crippen molar-refractivity contribution in [3.8, 4) is 0 Å². The molecule has 0 aliphatic heterocycles. The van der Waals surface area contributed by atoms with E-state index < -0.39 is 0 Å². The Balaban J connectivity index is 2.10. The number of hydrogen-bond acceptors (Lipinski definition) is 4. The average molecular weight is 248 g/mol. The molecular formula is C12H16N4S. The third-order valence-electron chi connectivity index (χ3n) is 2.64. The van der Waals surface area contributed by atoms with Crippen LogP contribution in [0, 0.1) is 6.92 Å². The minimum atomic E-state index is 0.793. The minimum absolute atomic E-state index is 0.793. The fourth-order valence-electron chi connectivity index (χ4n) is 1.59. The molecule has 0 saturated heterocycles. The van der Waals surface area contributed by atoms with E-state index in [4.69, 9.17) is 5.73 Å². The van der Waals surface area contributed by atoms with E-state index in [1.54, 1.807) is 18.1 Å². The summed E-state index contributed by atoms with van der Waals surface area (Å²) in [5.41, 5.74) is 8.01. The molecule has 2 rings (SSSR count). The third kappa shape index (κ3) is 2.61. The van der Waals surface area contributed by atoms with Crippen LogP contribution in [0.4, 0.5) is 5.69 Å². The molecule has 17 heavy (non-hydrogen) atoms. The summed E-state index contributed by atoms with van der Waals surface area (Å²) in [4.78, 5) is 5.35. The van der Waals surface area contributed by atoms with E-state index in [2.05, 4.69) is 17.0 Å². The van der Waals surface area contributed by atoms with Crippen molar-refractivity contribution in [1.29, 1.82) is 0 Å². The number of aromatic nitrogens is 3. The molecule has 0 saturated carbocycles. The summed E-state index contributed by atoms with van der Waals surface area (Å²) in [5.74, 6) is 1.78. The van der Waals surface area contributed by atoms with Crippen LogP contribution in [0.1, 0.15) is 18.3 Å². The molecule has 4 nitrogen and oxygen atoms in total. The highest BCUT2D eigenvalue weighted by atomic mass is 32.2. The first-order chi connectivity index (χ1) is 8.22. The van der Waals surface area contributed by atoms with Crippen molar-refractivity contribution in [2.45, 2.75) is 31.0 Å². The normalized spacial score (nSPS) is 10.7. The van der Waals surface area contributed by atoms with Crippen LogP contribution in [-0.2, 0) is 12.3 Å². The molecule has 0 aliphatic rings. The minimum Gasteiger partial charge on any atom is -0.398 e. The molecule has 5 heteroatoms. The van der Waals surface area contributed by atoms with Crippen molar-refractivity contribution in [2.75, 3.05) is 5.73 Å². The molecule has 0 spiro atoms. The molecule has 0 unspecified atom stereocenters. The Bertz CT molecular complexity index is 507. The van der Waals surface area contributed by atoms with Crippen molar-refractivity contribution < 1.29 is 0 Å². The third-order valence-corrected chi connectivity index (χ3v) is 3.71. The van der Waals surface area contributed by atoms with Gasteiger partial charge in [-0.2, -0.15) is 5.10 Å². The van der Waals surface area contributed by atoms with Crippen LogP contribution in [-0.4, -0.2) is 14.8 Å². The zero-order valence-electron chi connectivity index (χ0n) is 10.1. The van der Waals surface area contributed by atoms with Crippen LogP contribution in [0.25, 0.3) is 0 Å². The number of nitrogen functional groups attached to an aromatic ring is 1. The van der Waals surface area contributed by atoms with Crippen molar-refractivity contribution in [2.24, 2.45) is 0 Å². The molecule has 0 radical (unpaired) electrons. The van der Waals surface area contributed by atoms with Gasteiger partial charge < -0.3 is 5.73 Å². The Hall–Kier alpha value is -1.49. The first kappa shape index (κ1) is 12.0. The number of hydrogen-bond donors (Lipinski definition) is 1. The van der Waals surface area contributed by atoms with Gasteiger partial charge in [-0.15, -0.1) is 11.8 Å². The van der Waals surface area contributed by atoms with Crippen LogP contribution in [0.15, 0.2) is 29.4 Å². The highest BCUT2D eigenvalue weighted by molar-refractivity contribution is 7.98. The van der Waals surface area contributed by atoms with E-state index in [0.29, 0.717) is 0 Å². The number of anilines is 1.